The maximum Gasteiger partial charge on any atom is 0.0561 e. The van der Waals surface area contributed by atoms with Crippen molar-refractivity contribution in [2.45, 2.75) is 0 Å². The summed E-state index contributed by atoms with van der Waals surface area (Å²) in [4.78, 5) is 2.40. The van der Waals surface area contributed by atoms with E-state index in [1.54, 1.807) is 0 Å². The summed E-state index contributed by atoms with van der Waals surface area (Å²) >= 11 is 0. The number of nitrogens with zero attached hydrogens (tertiary/aromatic N) is 2. The number of benzene rings is 9. The molecular weight excluding hydrogens is 677 g/mol. The second-order valence-corrected chi connectivity index (χ2v) is 14.2. The molecule has 0 aliphatic carbocycles. The molecule has 0 fully saturated rings. The average molecular weight is 715 g/mol. The van der Waals surface area contributed by atoms with Crippen LogP contribution in [0, 0.1) is 0 Å². The van der Waals surface area contributed by atoms with Gasteiger partial charge in [0.2, 0.25) is 0 Å². The van der Waals surface area contributed by atoms with E-state index in [0.29, 0.717) is 0 Å². The summed E-state index contributed by atoms with van der Waals surface area (Å²) in [6.45, 7) is 0. The lowest BCUT2D eigenvalue weighted by Gasteiger charge is -2.28. The summed E-state index contributed by atoms with van der Waals surface area (Å²) in [5, 5.41) is 2.46. The number of hydrogen-bond acceptors (Lipinski definition) is 1. The number of aromatic nitrogens is 1. The minimum Gasteiger partial charge on any atom is -0.310 e. The van der Waals surface area contributed by atoms with E-state index in [0.717, 1.165) is 28.3 Å². The predicted molar refractivity (Wildman–Crippen MR) is 237 cm³/mol. The Morgan fingerprint density at radius 3 is 1.32 bits per heavy atom. The largest absolute Gasteiger partial charge is 0.310 e. The molecule has 10 rings (SSSR count). The maximum absolute atomic E-state index is 2.41. The van der Waals surface area contributed by atoms with Crippen LogP contribution in [0.2, 0.25) is 0 Å². The molecule has 9 aromatic carbocycles. The first-order valence-corrected chi connectivity index (χ1v) is 19.2. The van der Waals surface area contributed by atoms with Gasteiger partial charge >= 0.3 is 0 Å². The maximum atomic E-state index is 2.41. The Kier molecular flexibility index (Phi) is 8.55. The minimum absolute atomic E-state index is 1.09. The Labute approximate surface area is 327 Å². The van der Waals surface area contributed by atoms with Gasteiger partial charge in [-0.3, -0.25) is 0 Å². The van der Waals surface area contributed by atoms with E-state index in [2.05, 4.69) is 240 Å². The Hall–Kier alpha value is -7.42. The molecular formula is C54H38N2. The fraction of sp³-hybridized carbons (Fsp3) is 0. The highest BCUT2D eigenvalue weighted by molar-refractivity contribution is 6.10. The normalized spacial score (nSPS) is 11.2. The Morgan fingerprint density at radius 2 is 0.714 bits per heavy atom. The standard InChI is InChI=1S/C54H38N2/c1-4-14-39(15-5-1)41-24-26-42(27-25-41)44-30-34-47(35-31-44)56-53-23-13-11-21-50(53)51-37-36-48(38-54(51)56)55(46-32-28-43(29-33-46)40-16-6-2-7-17-40)52-22-12-10-20-49(52)45-18-8-3-9-19-45/h1-38H. The van der Waals surface area contributed by atoms with Crippen LogP contribution in [0.15, 0.2) is 231 Å². The van der Waals surface area contributed by atoms with Crippen LogP contribution in [0.4, 0.5) is 17.1 Å². The molecule has 0 bridgehead atoms. The van der Waals surface area contributed by atoms with Crippen molar-refractivity contribution in [1.29, 1.82) is 0 Å². The molecule has 0 saturated carbocycles. The molecule has 0 radical (unpaired) electrons. The van der Waals surface area contributed by atoms with E-state index in [1.165, 1.54) is 60.8 Å². The monoisotopic (exact) mass is 714 g/mol. The Morgan fingerprint density at radius 1 is 0.286 bits per heavy atom. The van der Waals surface area contributed by atoms with Crippen LogP contribution in [0.25, 0.3) is 72.0 Å². The number of anilines is 3. The molecule has 0 unspecified atom stereocenters. The highest BCUT2D eigenvalue weighted by atomic mass is 15.1. The molecule has 56 heavy (non-hydrogen) atoms. The van der Waals surface area contributed by atoms with Crippen molar-refractivity contribution in [3.05, 3.63) is 231 Å². The fourth-order valence-corrected chi connectivity index (χ4v) is 8.06. The second-order valence-electron chi connectivity index (χ2n) is 14.2. The molecule has 0 amide bonds. The molecule has 0 atom stereocenters. The molecule has 0 saturated heterocycles. The van der Waals surface area contributed by atoms with Gasteiger partial charge in [0, 0.05) is 33.4 Å². The minimum atomic E-state index is 1.09. The van der Waals surface area contributed by atoms with Gasteiger partial charge < -0.3 is 9.47 Å². The van der Waals surface area contributed by atoms with E-state index < -0.39 is 0 Å². The first-order valence-electron chi connectivity index (χ1n) is 19.2. The average Bonchev–Trinajstić information content (AvgIpc) is 3.61. The lowest BCUT2D eigenvalue weighted by atomic mass is 10.0. The summed E-state index contributed by atoms with van der Waals surface area (Å²) in [6, 6.07) is 83.0. The van der Waals surface area contributed by atoms with Crippen molar-refractivity contribution < 1.29 is 0 Å². The Bertz CT molecular complexity index is 2910. The number of rotatable bonds is 8. The molecule has 0 spiro atoms. The molecule has 264 valence electrons. The van der Waals surface area contributed by atoms with Gasteiger partial charge in [-0.15, -0.1) is 0 Å². The molecule has 0 aliphatic rings. The molecule has 2 heteroatoms. The summed E-state index contributed by atoms with van der Waals surface area (Å²) in [7, 11) is 0. The molecule has 0 aliphatic heterocycles. The zero-order chi connectivity index (χ0) is 37.3. The van der Waals surface area contributed by atoms with Crippen molar-refractivity contribution in [2.24, 2.45) is 0 Å². The van der Waals surface area contributed by atoms with Crippen LogP contribution < -0.4 is 4.90 Å². The predicted octanol–water partition coefficient (Wildman–Crippen LogP) is 14.9. The van der Waals surface area contributed by atoms with E-state index in [4.69, 9.17) is 0 Å². The van der Waals surface area contributed by atoms with Gasteiger partial charge in [0.1, 0.15) is 0 Å². The van der Waals surface area contributed by atoms with E-state index in [-0.39, 0.29) is 0 Å². The number of para-hydroxylation sites is 2. The third-order valence-corrected chi connectivity index (χ3v) is 10.8. The molecule has 2 nitrogen and oxygen atoms in total. The van der Waals surface area contributed by atoms with Crippen LogP contribution in [0.3, 0.4) is 0 Å². The van der Waals surface area contributed by atoms with Crippen molar-refractivity contribution in [3.63, 3.8) is 0 Å². The van der Waals surface area contributed by atoms with E-state index in [9.17, 15) is 0 Å². The van der Waals surface area contributed by atoms with E-state index in [1.807, 2.05) is 0 Å². The van der Waals surface area contributed by atoms with Crippen LogP contribution in [0.1, 0.15) is 0 Å². The number of hydrogen-bond donors (Lipinski definition) is 0. The van der Waals surface area contributed by atoms with Crippen molar-refractivity contribution in [3.8, 4) is 50.2 Å². The summed E-state index contributed by atoms with van der Waals surface area (Å²) in [5.74, 6) is 0. The fourth-order valence-electron chi connectivity index (χ4n) is 8.06. The summed E-state index contributed by atoms with van der Waals surface area (Å²) in [5.41, 5.74) is 16.4. The van der Waals surface area contributed by atoms with E-state index >= 15 is 0 Å². The summed E-state index contributed by atoms with van der Waals surface area (Å²) in [6.07, 6.45) is 0. The molecule has 1 aromatic heterocycles. The van der Waals surface area contributed by atoms with Gasteiger partial charge in [-0.25, -0.2) is 0 Å². The van der Waals surface area contributed by atoms with Gasteiger partial charge in [-0.1, -0.05) is 182 Å². The van der Waals surface area contributed by atoms with Crippen molar-refractivity contribution in [2.75, 3.05) is 4.90 Å². The lowest BCUT2D eigenvalue weighted by Crippen LogP contribution is -2.11. The van der Waals surface area contributed by atoms with Gasteiger partial charge in [0.05, 0.1) is 16.7 Å². The topological polar surface area (TPSA) is 8.17 Å². The third kappa shape index (κ3) is 6.14. The molecule has 1 heterocycles. The first kappa shape index (κ1) is 33.2. The highest BCUT2D eigenvalue weighted by Crippen LogP contribution is 2.43. The van der Waals surface area contributed by atoms with Crippen LogP contribution >= 0.6 is 0 Å². The van der Waals surface area contributed by atoms with Crippen LogP contribution in [-0.2, 0) is 0 Å². The van der Waals surface area contributed by atoms with Gasteiger partial charge in [-0.05, 0) is 87.5 Å². The van der Waals surface area contributed by atoms with Crippen LogP contribution in [0.5, 0.6) is 0 Å². The Balaban J connectivity index is 1.10. The summed E-state index contributed by atoms with van der Waals surface area (Å²) < 4.78 is 2.41. The quantitative estimate of drug-likeness (QED) is 0.152. The zero-order valence-corrected chi connectivity index (χ0v) is 30.8. The SMILES string of the molecule is c1ccc(-c2ccc(-c3ccc(-n4c5ccccc5c5ccc(N(c6ccc(-c7ccccc7)cc6)c6ccccc6-c6ccccc6)cc54)cc3)cc2)cc1. The highest BCUT2D eigenvalue weighted by Gasteiger charge is 2.20. The van der Waals surface area contributed by atoms with Crippen molar-refractivity contribution in [1.82, 2.24) is 4.57 Å². The van der Waals surface area contributed by atoms with Crippen molar-refractivity contribution >= 4 is 38.9 Å². The van der Waals surface area contributed by atoms with Gasteiger partial charge in [0.15, 0.2) is 0 Å². The number of fused-ring (bicyclic) bond motifs is 3. The lowest BCUT2D eigenvalue weighted by molar-refractivity contribution is 1.18. The molecule has 0 N–H and O–H groups in total. The molecule has 10 aromatic rings. The smallest absolute Gasteiger partial charge is 0.0561 e. The van der Waals surface area contributed by atoms with Gasteiger partial charge in [0.25, 0.3) is 0 Å². The van der Waals surface area contributed by atoms with Gasteiger partial charge in [-0.2, -0.15) is 0 Å². The third-order valence-electron chi connectivity index (χ3n) is 10.8. The zero-order valence-electron chi connectivity index (χ0n) is 30.8. The second kappa shape index (κ2) is 14.4. The first-order chi connectivity index (χ1) is 27.8. The van der Waals surface area contributed by atoms with Crippen LogP contribution in [-0.4, -0.2) is 4.57 Å².